The second-order valence-electron chi connectivity index (χ2n) is 7.01. The van der Waals surface area contributed by atoms with Crippen LogP contribution in [0.4, 0.5) is 0 Å². The van der Waals surface area contributed by atoms with Crippen molar-refractivity contribution in [1.29, 1.82) is 0 Å². The minimum atomic E-state index is -0.420. The van der Waals surface area contributed by atoms with Gasteiger partial charge >= 0.3 is 0 Å². The first kappa shape index (κ1) is 16.5. The van der Waals surface area contributed by atoms with E-state index < -0.39 is 5.54 Å². The summed E-state index contributed by atoms with van der Waals surface area (Å²) < 4.78 is 6.46. The zero-order valence-electron chi connectivity index (χ0n) is 13.6. The van der Waals surface area contributed by atoms with Crippen LogP contribution in [0.15, 0.2) is 24.3 Å². The Bertz CT molecular complexity index is 453. The molecule has 20 heavy (non-hydrogen) atoms. The van der Waals surface area contributed by atoms with Crippen molar-refractivity contribution < 1.29 is 9.48 Å². The highest BCUT2D eigenvalue weighted by Gasteiger charge is 2.32. The fourth-order valence-electron chi connectivity index (χ4n) is 2.50. The second kappa shape index (κ2) is 6.29. The van der Waals surface area contributed by atoms with Gasteiger partial charge in [0.25, 0.3) is 0 Å². The number of rotatable bonds is 5. The van der Waals surface area contributed by atoms with Crippen LogP contribution in [0.25, 0.3) is 0 Å². The highest BCUT2D eigenvalue weighted by molar-refractivity contribution is 5.76. The van der Waals surface area contributed by atoms with Gasteiger partial charge in [0.2, 0.25) is 0 Å². The molecule has 0 aromatic heterocycles. The minimum absolute atomic E-state index is 0.124. The molecule has 0 radical (unpaired) electrons. The predicted octanol–water partition coefficient (Wildman–Crippen LogP) is 4.23. The molecule has 3 nitrogen and oxygen atoms in total. The van der Waals surface area contributed by atoms with Gasteiger partial charge < -0.3 is 9.94 Å². The van der Waals surface area contributed by atoms with E-state index >= 15 is 0 Å². The van der Waals surface area contributed by atoms with Crippen LogP contribution >= 0.6 is 0 Å². The Morgan fingerprint density at radius 3 is 2.10 bits per heavy atom. The zero-order chi connectivity index (χ0) is 15.4. The lowest BCUT2D eigenvalue weighted by Crippen LogP contribution is -2.37. The summed E-state index contributed by atoms with van der Waals surface area (Å²) in [5.74, 6) is 0.830. The zero-order valence-corrected chi connectivity index (χ0v) is 13.6. The number of hydrogen-bond donors (Lipinski definition) is 0. The number of ether oxygens (including phenoxy) is 1. The molecule has 0 aliphatic carbocycles. The summed E-state index contributed by atoms with van der Waals surface area (Å²) in [6.07, 6.45) is 2.48. The monoisotopic (exact) mass is 277 g/mol. The standard InChI is InChI=1S/C17H27NO2/c1-7-20-15-10-8-14(9-11-15)12-18(19)17(5,6)13-16(2,3)4/h8-12H,7,13H2,1-6H3. The quantitative estimate of drug-likeness (QED) is 0.349. The van der Waals surface area contributed by atoms with E-state index in [4.69, 9.17) is 4.74 Å². The van der Waals surface area contributed by atoms with Crippen LogP contribution in [0.1, 0.15) is 53.5 Å². The van der Waals surface area contributed by atoms with E-state index in [0.717, 1.165) is 22.5 Å². The molecule has 1 aromatic carbocycles. The second-order valence-corrected chi connectivity index (χ2v) is 7.01. The molecular weight excluding hydrogens is 250 g/mol. The van der Waals surface area contributed by atoms with Crippen LogP contribution in [-0.2, 0) is 0 Å². The van der Waals surface area contributed by atoms with E-state index in [2.05, 4.69) is 20.8 Å². The molecule has 0 amide bonds. The van der Waals surface area contributed by atoms with E-state index in [1.54, 1.807) is 6.21 Å². The van der Waals surface area contributed by atoms with Crippen molar-refractivity contribution in [3.05, 3.63) is 35.0 Å². The largest absolute Gasteiger partial charge is 0.623 e. The molecule has 0 fully saturated rings. The van der Waals surface area contributed by atoms with Gasteiger partial charge in [-0.15, -0.1) is 0 Å². The van der Waals surface area contributed by atoms with Crippen molar-refractivity contribution in [2.24, 2.45) is 5.41 Å². The van der Waals surface area contributed by atoms with Crippen molar-refractivity contribution in [2.75, 3.05) is 6.61 Å². The number of benzene rings is 1. The lowest BCUT2D eigenvalue weighted by atomic mass is 9.82. The SMILES string of the molecule is CCOc1ccc(C=[N+]([O-])C(C)(C)CC(C)(C)C)cc1. The Morgan fingerprint density at radius 2 is 1.65 bits per heavy atom. The van der Waals surface area contributed by atoms with E-state index in [1.807, 2.05) is 45.0 Å². The van der Waals surface area contributed by atoms with Gasteiger partial charge in [-0.2, -0.15) is 0 Å². The molecule has 0 heterocycles. The van der Waals surface area contributed by atoms with Crippen LogP contribution in [0.5, 0.6) is 5.75 Å². The van der Waals surface area contributed by atoms with Crippen LogP contribution in [0, 0.1) is 10.6 Å². The molecule has 0 atom stereocenters. The van der Waals surface area contributed by atoms with Gasteiger partial charge in [-0.1, -0.05) is 20.8 Å². The number of hydrogen-bond acceptors (Lipinski definition) is 2. The van der Waals surface area contributed by atoms with E-state index in [9.17, 15) is 5.21 Å². The van der Waals surface area contributed by atoms with Gasteiger partial charge in [0.15, 0.2) is 11.8 Å². The summed E-state index contributed by atoms with van der Waals surface area (Å²) in [6, 6.07) is 7.59. The third-order valence-corrected chi connectivity index (χ3v) is 3.02. The summed E-state index contributed by atoms with van der Waals surface area (Å²) in [7, 11) is 0. The van der Waals surface area contributed by atoms with Gasteiger partial charge in [-0.05, 0) is 36.6 Å². The van der Waals surface area contributed by atoms with Crippen molar-refractivity contribution >= 4 is 6.21 Å². The van der Waals surface area contributed by atoms with E-state index in [1.165, 1.54) is 0 Å². The molecule has 0 aliphatic heterocycles. The molecule has 0 aliphatic rings. The highest BCUT2D eigenvalue weighted by Crippen LogP contribution is 2.29. The minimum Gasteiger partial charge on any atom is -0.623 e. The fraction of sp³-hybridized carbons (Fsp3) is 0.588. The van der Waals surface area contributed by atoms with Gasteiger partial charge in [0.05, 0.1) is 6.61 Å². The Balaban J connectivity index is 2.86. The van der Waals surface area contributed by atoms with Crippen molar-refractivity contribution in [2.45, 2.75) is 53.5 Å². The number of hydroxylamine groups is 1. The molecule has 0 spiro atoms. The summed E-state index contributed by atoms with van der Waals surface area (Å²) in [6.45, 7) is 13.0. The third kappa shape index (κ3) is 5.24. The molecule has 0 bridgehead atoms. The van der Waals surface area contributed by atoms with E-state index in [0.29, 0.717) is 6.61 Å². The van der Waals surface area contributed by atoms with Crippen molar-refractivity contribution in [3.63, 3.8) is 0 Å². The molecule has 0 unspecified atom stereocenters. The Kier molecular flexibility index (Phi) is 5.21. The average Bonchev–Trinajstić information content (AvgIpc) is 2.29. The molecular formula is C17H27NO2. The topological polar surface area (TPSA) is 35.3 Å². The lowest BCUT2D eigenvalue weighted by molar-refractivity contribution is -0.540. The van der Waals surface area contributed by atoms with Crippen LogP contribution < -0.4 is 4.74 Å². The normalized spacial score (nSPS) is 13.4. The first-order valence-electron chi connectivity index (χ1n) is 7.18. The Labute approximate surface area is 122 Å². The van der Waals surface area contributed by atoms with Gasteiger partial charge in [0, 0.05) is 25.8 Å². The fourth-order valence-corrected chi connectivity index (χ4v) is 2.50. The lowest BCUT2D eigenvalue weighted by Gasteiger charge is -2.30. The Hall–Kier alpha value is -1.51. The third-order valence-electron chi connectivity index (χ3n) is 3.02. The maximum absolute atomic E-state index is 12.4. The van der Waals surface area contributed by atoms with Gasteiger partial charge in [-0.3, -0.25) is 0 Å². The van der Waals surface area contributed by atoms with Crippen LogP contribution in [0.2, 0.25) is 0 Å². The summed E-state index contributed by atoms with van der Waals surface area (Å²) >= 11 is 0. The summed E-state index contributed by atoms with van der Waals surface area (Å²) in [4.78, 5) is 0. The molecule has 112 valence electrons. The Morgan fingerprint density at radius 1 is 1.10 bits per heavy atom. The molecule has 0 N–H and O–H groups in total. The first-order valence-corrected chi connectivity index (χ1v) is 7.18. The molecule has 1 aromatic rings. The summed E-state index contributed by atoms with van der Waals surface area (Å²) in [5.41, 5.74) is 0.598. The maximum Gasteiger partial charge on any atom is 0.182 e. The van der Waals surface area contributed by atoms with E-state index in [-0.39, 0.29) is 5.41 Å². The van der Waals surface area contributed by atoms with Crippen molar-refractivity contribution in [3.8, 4) is 5.75 Å². The average molecular weight is 277 g/mol. The maximum atomic E-state index is 12.4. The molecule has 0 saturated carbocycles. The number of nitrogens with zero attached hydrogens (tertiary/aromatic N) is 1. The molecule has 1 rings (SSSR count). The van der Waals surface area contributed by atoms with Crippen LogP contribution in [-0.4, -0.2) is 23.1 Å². The first-order chi connectivity index (χ1) is 9.14. The van der Waals surface area contributed by atoms with Crippen LogP contribution in [0.3, 0.4) is 0 Å². The highest BCUT2D eigenvalue weighted by atomic mass is 16.5. The molecule has 0 saturated heterocycles. The predicted molar refractivity (Wildman–Crippen MR) is 84.6 cm³/mol. The summed E-state index contributed by atoms with van der Waals surface area (Å²) in [5, 5.41) is 12.4. The van der Waals surface area contributed by atoms with Gasteiger partial charge in [0.1, 0.15) is 5.75 Å². The van der Waals surface area contributed by atoms with Crippen molar-refractivity contribution in [1.82, 2.24) is 0 Å². The molecule has 3 heteroatoms. The van der Waals surface area contributed by atoms with Gasteiger partial charge in [-0.25, -0.2) is 4.74 Å². The smallest absolute Gasteiger partial charge is 0.182 e.